The molecule has 0 amide bonds. The van der Waals surface area contributed by atoms with Crippen LogP contribution in [0, 0.1) is 0 Å². The fraction of sp³-hybridized carbons (Fsp3) is 0.500. The molecule has 1 heterocycles. The molecule has 3 heteroatoms. The van der Waals surface area contributed by atoms with Gasteiger partial charge in [0.05, 0.1) is 6.26 Å². The van der Waals surface area contributed by atoms with Gasteiger partial charge in [0, 0.05) is 12.8 Å². The van der Waals surface area contributed by atoms with Crippen molar-refractivity contribution >= 4 is 5.78 Å². The summed E-state index contributed by atoms with van der Waals surface area (Å²) in [5, 5.41) is 10.1. The lowest BCUT2D eigenvalue weighted by Gasteiger charge is -2.29. The molecule has 0 aromatic carbocycles. The van der Waals surface area contributed by atoms with Crippen molar-refractivity contribution in [3.05, 3.63) is 24.2 Å². The maximum Gasteiger partial charge on any atom is 0.135 e. The third kappa shape index (κ3) is 1.52. The van der Waals surface area contributed by atoms with Crippen molar-refractivity contribution in [1.82, 2.24) is 0 Å². The van der Waals surface area contributed by atoms with Crippen LogP contribution in [0.15, 0.2) is 22.8 Å². The van der Waals surface area contributed by atoms with Crippen LogP contribution in [0.1, 0.15) is 31.4 Å². The Bertz CT molecular complexity index is 290. The van der Waals surface area contributed by atoms with Crippen molar-refractivity contribution in [1.29, 1.82) is 0 Å². The van der Waals surface area contributed by atoms with Gasteiger partial charge in [0.25, 0.3) is 0 Å². The Morgan fingerprint density at radius 1 is 1.38 bits per heavy atom. The first-order valence-corrected chi connectivity index (χ1v) is 4.49. The van der Waals surface area contributed by atoms with Gasteiger partial charge >= 0.3 is 0 Å². The van der Waals surface area contributed by atoms with Crippen LogP contribution < -0.4 is 0 Å². The van der Waals surface area contributed by atoms with Crippen molar-refractivity contribution in [2.24, 2.45) is 0 Å². The summed E-state index contributed by atoms with van der Waals surface area (Å²) >= 11 is 0. The third-order valence-electron chi connectivity index (χ3n) is 2.61. The SMILES string of the molecule is O=C1CCC(O)(c2ccco2)CC1. The molecule has 1 aliphatic carbocycles. The molecule has 3 nitrogen and oxygen atoms in total. The van der Waals surface area contributed by atoms with Crippen LogP contribution in [0.25, 0.3) is 0 Å². The number of rotatable bonds is 1. The zero-order chi connectivity index (χ0) is 9.31. The maximum absolute atomic E-state index is 11.0. The molecular weight excluding hydrogens is 168 g/mol. The molecule has 0 spiro atoms. The Hall–Kier alpha value is -1.09. The van der Waals surface area contributed by atoms with E-state index in [9.17, 15) is 9.90 Å². The summed E-state index contributed by atoms with van der Waals surface area (Å²) in [6.45, 7) is 0. The molecule has 1 aliphatic rings. The molecule has 1 aromatic rings. The zero-order valence-corrected chi connectivity index (χ0v) is 7.32. The second-order valence-electron chi connectivity index (χ2n) is 3.55. The van der Waals surface area contributed by atoms with E-state index < -0.39 is 5.60 Å². The Labute approximate surface area is 76.4 Å². The number of Topliss-reactive ketones (excluding diaryl/α,β-unsaturated/α-hetero) is 1. The van der Waals surface area contributed by atoms with Gasteiger partial charge < -0.3 is 9.52 Å². The van der Waals surface area contributed by atoms with Crippen LogP contribution in [-0.4, -0.2) is 10.9 Å². The monoisotopic (exact) mass is 180 g/mol. The molecular formula is C10H12O3. The Morgan fingerprint density at radius 2 is 2.08 bits per heavy atom. The molecule has 0 radical (unpaired) electrons. The number of ketones is 1. The minimum absolute atomic E-state index is 0.233. The fourth-order valence-corrected chi connectivity index (χ4v) is 1.73. The van der Waals surface area contributed by atoms with E-state index in [1.54, 1.807) is 18.4 Å². The quantitative estimate of drug-likeness (QED) is 0.714. The van der Waals surface area contributed by atoms with Gasteiger partial charge in [-0.1, -0.05) is 0 Å². The number of aliphatic hydroxyl groups is 1. The van der Waals surface area contributed by atoms with E-state index in [2.05, 4.69) is 0 Å². The number of furan rings is 1. The second-order valence-corrected chi connectivity index (χ2v) is 3.55. The van der Waals surface area contributed by atoms with Gasteiger partial charge in [0.15, 0.2) is 0 Å². The van der Waals surface area contributed by atoms with Gasteiger partial charge in [0.1, 0.15) is 17.1 Å². The minimum Gasteiger partial charge on any atom is -0.466 e. The van der Waals surface area contributed by atoms with Crippen molar-refractivity contribution in [3.63, 3.8) is 0 Å². The first kappa shape index (κ1) is 8.51. The topological polar surface area (TPSA) is 50.4 Å². The standard InChI is InChI=1S/C10H12O3/c11-8-3-5-10(12,6-4-8)9-2-1-7-13-9/h1-2,7,12H,3-6H2. The predicted octanol–water partition coefficient (Wildman–Crippen LogP) is 1.61. The third-order valence-corrected chi connectivity index (χ3v) is 2.61. The highest BCUT2D eigenvalue weighted by atomic mass is 16.4. The smallest absolute Gasteiger partial charge is 0.135 e. The molecule has 1 N–H and O–H groups in total. The number of carbonyl (C=O) groups excluding carboxylic acids is 1. The van der Waals surface area contributed by atoms with Crippen LogP contribution in [0.5, 0.6) is 0 Å². The normalized spacial score (nSPS) is 21.8. The molecule has 0 unspecified atom stereocenters. The van der Waals surface area contributed by atoms with E-state index >= 15 is 0 Å². The molecule has 0 atom stereocenters. The maximum atomic E-state index is 11.0. The van der Waals surface area contributed by atoms with Crippen LogP contribution in [0.3, 0.4) is 0 Å². The number of carbonyl (C=O) groups is 1. The fourth-order valence-electron chi connectivity index (χ4n) is 1.73. The van der Waals surface area contributed by atoms with Gasteiger partial charge in [-0.15, -0.1) is 0 Å². The van der Waals surface area contributed by atoms with Gasteiger partial charge in [0.2, 0.25) is 0 Å². The first-order valence-electron chi connectivity index (χ1n) is 4.49. The average molecular weight is 180 g/mol. The van der Waals surface area contributed by atoms with Gasteiger partial charge in [-0.05, 0) is 25.0 Å². The average Bonchev–Trinajstić information content (AvgIpc) is 2.63. The molecule has 0 saturated heterocycles. The zero-order valence-electron chi connectivity index (χ0n) is 7.32. The van der Waals surface area contributed by atoms with E-state index in [0.29, 0.717) is 31.4 Å². The van der Waals surface area contributed by atoms with Crippen molar-refractivity contribution < 1.29 is 14.3 Å². The van der Waals surface area contributed by atoms with Crippen molar-refractivity contribution in [2.75, 3.05) is 0 Å². The van der Waals surface area contributed by atoms with E-state index in [1.807, 2.05) is 0 Å². The van der Waals surface area contributed by atoms with Crippen LogP contribution >= 0.6 is 0 Å². The van der Waals surface area contributed by atoms with Gasteiger partial charge in [-0.3, -0.25) is 4.79 Å². The first-order chi connectivity index (χ1) is 6.21. The Balaban J connectivity index is 2.18. The highest BCUT2D eigenvalue weighted by Gasteiger charge is 2.36. The van der Waals surface area contributed by atoms with Gasteiger partial charge in [-0.2, -0.15) is 0 Å². The van der Waals surface area contributed by atoms with E-state index in [4.69, 9.17) is 4.42 Å². The highest BCUT2D eigenvalue weighted by Crippen LogP contribution is 2.35. The van der Waals surface area contributed by atoms with Crippen LogP contribution in [-0.2, 0) is 10.4 Å². The lowest BCUT2D eigenvalue weighted by atomic mass is 9.82. The molecule has 1 aromatic heterocycles. The van der Waals surface area contributed by atoms with Crippen molar-refractivity contribution in [3.8, 4) is 0 Å². The van der Waals surface area contributed by atoms with E-state index in [-0.39, 0.29) is 5.78 Å². The highest BCUT2D eigenvalue weighted by molar-refractivity contribution is 5.79. The summed E-state index contributed by atoms with van der Waals surface area (Å²) in [4.78, 5) is 11.0. The van der Waals surface area contributed by atoms with Crippen LogP contribution in [0.2, 0.25) is 0 Å². The molecule has 1 saturated carbocycles. The number of hydrogen-bond acceptors (Lipinski definition) is 3. The molecule has 0 aliphatic heterocycles. The predicted molar refractivity (Wildman–Crippen MR) is 46.1 cm³/mol. The Kier molecular flexibility index (Phi) is 1.96. The summed E-state index contributed by atoms with van der Waals surface area (Å²) in [5.41, 5.74) is -0.905. The molecule has 2 rings (SSSR count). The van der Waals surface area contributed by atoms with E-state index in [1.165, 1.54) is 0 Å². The summed E-state index contributed by atoms with van der Waals surface area (Å²) < 4.78 is 5.15. The molecule has 70 valence electrons. The van der Waals surface area contributed by atoms with Crippen LogP contribution in [0.4, 0.5) is 0 Å². The molecule has 1 fully saturated rings. The summed E-state index contributed by atoms with van der Waals surface area (Å²) in [7, 11) is 0. The largest absolute Gasteiger partial charge is 0.466 e. The summed E-state index contributed by atoms with van der Waals surface area (Å²) in [6.07, 6.45) is 3.43. The summed E-state index contributed by atoms with van der Waals surface area (Å²) in [6, 6.07) is 3.51. The van der Waals surface area contributed by atoms with E-state index in [0.717, 1.165) is 0 Å². The molecule has 0 bridgehead atoms. The second kappa shape index (κ2) is 3.00. The number of hydrogen-bond donors (Lipinski definition) is 1. The Morgan fingerprint density at radius 3 is 2.62 bits per heavy atom. The van der Waals surface area contributed by atoms with Gasteiger partial charge in [-0.25, -0.2) is 0 Å². The van der Waals surface area contributed by atoms with Crippen molar-refractivity contribution in [2.45, 2.75) is 31.3 Å². The minimum atomic E-state index is -0.905. The molecule has 13 heavy (non-hydrogen) atoms. The summed E-state index contributed by atoms with van der Waals surface area (Å²) in [5.74, 6) is 0.816. The lowest BCUT2D eigenvalue weighted by molar-refractivity contribution is -0.126. The lowest BCUT2D eigenvalue weighted by Crippen LogP contribution is -2.31.